The molecule has 0 spiro atoms. The monoisotopic (exact) mass is 313 g/mol. The molecule has 1 aliphatic heterocycles. The molecule has 0 saturated carbocycles. The Labute approximate surface area is 139 Å². The SMILES string of the molecule is c1ccc(CNc2ncc3nc4n(c3n2)Cc2ccccc2-4)cc1. The van der Waals surface area contributed by atoms with Crippen LogP contribution in [-0.2, 0) is 13.1 Å². The zero-order valence-electron chi connectivity index (χ0n) is 13.0. The van der Waals surface area contributed by atoms with Gasteiger partial charge in [-0.1, -0.05) is 54.6 Å². The van der Waals surface area contributed by atoms with Crippen LogP contribution < -0.4 is 5.32 Å². The number of nitrogens with one attached hydrogen (secondary N) is 1. The lowest BCUT2D eigenvalue weighted by molar-refractivity contribution is 0.863. The largest absolute Gasteiger partial charge is 0.350 e. The van der Waals surface area contributed by atoms with E-state index in [2.05, 4.69) is 50.2 Å². The molecule has 116 valence electrons. The normalized spacial score (nSPS) is 12.2. The lowest BCUT2D eigenvalue weighted by atomic mass is 10.1. The second-order valence-electron chi connectivity index (χ2n) is 5.92. The van der Waals surface area contributed by atoms with Crippen molar-refractivity contribution in [2.45, 2.75) is 13.1 Å². The van der Waals surface area contributed by atoms with E-state index in [1.54, 1.807) is 6.20 Å². The number of aromatic nitrogens is 4. The van der Waals surface area contributed by atoms with Gasteiger partial charge in [0.2, 0.25) is 5.95 Å². The van der Waals surface area contributed by atoms with E-state index in [9.17, 15) is 0 Å². The minimum absolute atomic E-state index is 0.630. The average Bonchev–Trinajstić information content (AvgIpc) is 3.17. The summed E-state index contributed by atoms with van der Waals surface area (Å²) in [6.45, 7) is 1.52. The van der Waals surface area contributed by atoms with Crippen LogP contribution in [0.25, 0.3) is 22.6 Å². The number of hydrogen-bond acceptors (Lipinski definition) is 4. The Balaban J connectivity index is 1.50. The minimum atomic E-state index is 0.630. The Bertz CT molecular complexity index is 1040. The number of hydrogen-bond donors (Lipinski definition) is 1. The summed E-state index contributed by atoms with van der Waals surface area (Å²) in [6, 6.07) is 18.6. The predicted molar refractivity (Wildman–Crippen MR) is 93.6 cm³/mol. The van der Waals surface area contributed by atoms with Gasteiger partial charge in [-0.3, -0.25) is 0 Å². The van der Waals surface area contributed by atoms with Gasteiger partial charge in [0.05, 0.1) is 12.7 Å². The number of nitrogens with zero attached hydrogens (tertiary/aromatic N) is 4. The van der Waals surface area contributed by atoms with Crippen LogP contribution in [0.15, 0.2) is 60.8 Å². The van der Waals surface area contributed by atoms with Gasteiger partial charge in [-0.05, 0) is 11.1 Å². The molecular weight excluding hydrogens is 298 g/mol. The van der Waals surface area contributed by atoms with E-state index in [1.165, 1.54) is 16.7 Å². The highest BCUT2D eigenvalue weighted by atomic mass is 15.2. The molecule has 0 saturated heterocycles. The molecule has 0 bridgehead atoms. The van der Waals surface area contributed by atoms with Crippen LogP contribution >= 0.6 is 0 Å². The smallest absolute Gasteiger partial charge is 0.225 e. The van der Waals surface area contributed by atoms with Crippen molar-refractivity contribution in [3.8, 4) is 11.4 Å². The fourth-order valence-corrected chi connectivity index (χ4v) is 3.18. The summed E-state index contributed by atoms with van der Waals surface area (Å²) < 4.78 is 2.16. The molecule has 1 aliphatic rings. The van der Waals surface area contributed by atoms with Crippen molar-refractivity contribution in [2.24, 2.45) is 0 Å². The van der Waals surface area contributed by atoms with Crippen LogP contribution in [0.4, 0.5) is 5.95 Å². The van der Waals surface area contributed by atoms with Gasteiger partial charge in [0.25, 0.3) is 0 Å². The zero-order valence-corrected chi connectivity index (χ0v) is 13.0. The van der Waals surface area contributed by atoms with E-state index >= 15 is 0 Å². The molecule has 1 N–H and O–H groups in total. The molecule has 0 fully saturated rings. The Hall–Kier alpha value is -3.21. The number of rotatable bonds is 3. The van der Waals surface area contributed by atoms with Gasteiger partial charge < -0.3 is 9.88 Å². The third-order valence-corrected chi connectivity index (χ3v) is 4.37. The van der Waals surface area contributed by atoms with Gasteiger partial charge in [-0.2, -0.15) is 4.98 Å². The first-order valence-corrected chi connectivity index (χ1v) is 7.98. The molecule has 24 heavy (non-hydrogen) atoms. The number of imidazole rings is 1. The quantitative estimate of drug-likeness (QED) is 0.554. The Morgan fingerprint density at radius 1 is 0.958 bits per heavy atom. The summed E-state index contributed by atoms with van der Waals surface area (Å²) in [4.78, 5) is 13.8. The van der Waals surface area contributed by atoms with E-state index < -0.39 is 0 Å². The van der Waals surface area contributed by atoms with Crippen LogP contribution in [0.3, 0.4) is 0 Å². The molecular formula is C19H15N5. The van der Waals surface area contributed by atoms with E-state index in [0.717, 1.165) is 23.5 Å². The summed E-state index contributed by atoms with van der Waals surface area (Å²) >= 11 is 0. The van der Waals surface area contributed by atoms with Crippen LogP contribution in [-0.4, -0.2) is 19.5 Å². The Morgan fingerprint density at radius 2 is 1.79 bits per heavy atom. The van der Waals surface area contributed by atoms with Gasteiger partial charge in [-0.15, -0.1) is 0 Å². The van der Waals surface area contributed by atoms with Crippen molar-refractivity contribution in [3.63, 3.8) is 0 Å². The van der Waals surface area contributed by atoms with Gasteiger partial charge in [0.1, 0.15) is 11.3 Å². The first-order valence-electron chi connectivity index (χ1n) is 7.98. The summed E-state index contributed by atoms with van der Waals surface area (Å²) in [5.74, 6) is 1.61. The predicted octanol–water partition coefficient (Wildman–Crippen LogP) is 3.47. The molecule has 0 atom stereocenters. The molecule has 5 nitrogen and oxygen atoms in total. The van der Waals surface area contributed by atoms with Crippen molar-refractivity contribution in [1.82, 2.24) is 19.5 Å². The number of benzene rings is 2. The topological polar surface area (TPSA) is 55.6 Å². The first-order chi connectivity index (χ1) is 11.9. The summed E-state index contributed by atoms with van der Waals surface area (Å²) in [7, 11) is 0. The van der Waals surface area contributed by atoms with Crippen molar-refractivity contribution in [3.05, 3.63) is 71.9 Å². The minimum Gasteiger partial charge on any atom is -0.350 e. The molecule has 4 aromatic rings. The second-order valence-corrected chi connectivity index (χ2v) is 5.92. The van der Waals surface area contributed by atoms with E-state index in [4.69, 9.17) is 4.98 Å². The third kappa shape index (κ3) is 2.06. The molecule has 2 aromatic heterocycles. The van der Waals surface area contributed by atoms with E-state index in [-0.39, 0.29) is 0 Å². The zero-order chi connectivity index (χ0) is 15.9. The van der Waals surface area contributed by atoms with Crippen LogP contribution in [0.1, 0.15) is 11.1 Å². The van der Waals surface area contributed by atoms with Gasteiger partial charge >= 0.3 is 0 Å². The lowest BCUT2D eigenvalue weighted by Crippen LogP contribution is -2.04. The van der Waals surface area contributed by atoms with Crippen molar-refractivity contribution >= 4 is 17.1 Å². The van der Waals surface area contributed by atoms with Gasteiger partial charge in [0, 0.05) is 12.1 Å². The molecule has 5 rings (SSSR count). The Kier molecular flexibility index (Phi) is 2.85. The standard InChI is InChI=1S/C19H15N5/c1-2-6-13(7-3-1)10-20-19-21-11-16-18(23-19)24-12-14-8-4-5-9-15(14)17(24)22-16/h1-9,11H,10,12H2,(H,20,21,23). The number of anilines is 1. The van der Waals surface area contributed by atoms with Crippen LogP contribution in [0.5, 0.6) is 0 Å². The molecule has 0 unspecified atom stereocenters. The summed E-state index contributed by atoms with van der Waals surface area (Å²) in [5, 5.41) is 3.29. The molecule has 3 heterocycles. The maximum Gasteiger partial charge on any atom is 0.225 e. The highest BCUT2D eigenvalue weighted by Crippen LogP contribution is 2.33. The lowest BCUT2D eigenvalue weighted by Gasteiger charge is -2.05. The van der Waals surface area contributed by atoms with Gasteiger partial charge in [-0.25, -0.2) is 9.97 Å². The summed E-state index contributed by atoms with van der Waals surface area (Å²) in [6.07, 6.45) is 1.80. The maximum atomic E-state index is 4.70. The molecule has 0 aliphatic carbocycles. The van der Waals surface area contributed by atoms with Crippen molar-refractivity contribution < 1.29 is 0 Å². The fourth-order valence-electron chi connectivity index (χ4n) is 3.18. The first kappa shape index (κ1) is 13.2. The molecule has 0 amide bonds. The fraction of sp³-hybridized carbons (Fsp3) is 0.105. The molecule has 2 aromatic carbocycles. The highest BCUT2D eigenvalue weighted by molar-refractivity contribution is 5.80. The third-order valence-electron chi connectivity index (χ3n) is 4.37. The van der Waals surface area contributed by atoms with E-state index in [0.29, 0.717) is 12.5 Å². The van der Waals surface area contributed by atoms with Crippen molar-refractivity contribution in [1.29, 1.82) is 0 Å². The maximum absolute atomic E-state index is 4.70. The Morgan fingerprint density at radius 3 is 2.71 bits per heavy atom. The average molecular weight is 313 g/mol. The van der Waals surface area contributed by atoms with Gasteiger partial charge in [0.15, 0.2) is 5.65 Å². The van der Waals surface area contributed by atoms with Crippen LogP contribution in [0.2, 0.25) is 0 Å². The van der Waals surface area contributed by atoms with Crippen molar-refractivity contribution in [2.75, 3.05) is 5.32 Å². The highest BCUT2D eigenvalue weighted by Gasteiger charge is 2.23. The second kappa shape index (κ2) is 5.16. The number of fused-ring (bicyclic) bond motifs is 5. The molecule has 0 radical (unpaired) electrons. The van der Waals surface area contributed by atoms with Crippen LogP contribution in [0, 0.1) is 0 Å². The molecule has 5 heteroatoms. The summed E-state index contributed by atoms with van der Waals surface area (Å²) in [5.41, 5.74) is 5.40. The van der Waals surface area contributed by atoms with E-state index in [1.807, 2.05) is 24.3 Å².